The van der Waals surface area contributed by atoms with Gasteiger partial charge in [-0.2, -0.15) is 10.5 Å². The first-order chi connectivity index (χ1) is 23.7. The normalized spacial score (nSPS) is 20.7. The molecular formula is C44H30N4. The third kappa shape index (κ3) is 4.20. The average molecular weight is 615 g/mol. The molecule has 1 saturated heterocycles. The summed E-state index contributed by atoms with van der Waals surface area (Å²) in [5, 5.41) is 21.4. The van der Waals surface area contributed by atoms with E-state index in [2.05, 4.69) is 149 Å². The number of nitriles is 2. The first-order valence-electron chi connectivity index (χ1n) is 16.4. The van der Waals surface area contributed by atoms with E-state index in [9.17, 15) is 10.5 Å². The Bertz CT molecular complexity index is 2440. The number of fused-ring (bicyclic) bond motifs is 6. The zero-order valence-corrected chi connectivity index (χ0v) is 26.1. The molecule has 4 heteroatoms. The first kappa shape index (κ1) is 27.9. The van der Waals surface area contributed by atoms with Crippen LogP contribution in [0.25, 0.3) is 44.2 Å². The van der Waals surface area contributed by atoms with Gasteiger partial charge < -0.3 is 9.47 Å². The van der Waals surface area contributed by atoms with Crippen molar-refractivity contribution in [1.82, 2.24) is 4.57 Å². The van der Waals surface area contributed by atoms with Crippen molar-refractivity contribution < 1.29 is 0 Å². The number of anilines is 1. The van der Waals surface area contributed by atoms with Gasteiger partial charge in [-0.15, -0.1) is 0 Å². The van der Waals surface area contributed by atoms with Crippen molar-refractivity contribution in [2.45, 2.75) is 12.1 Å². The van der Waals surface area contributed by atoms with Crippen LogP contribution in [0.3, 0.4) is 0 Å². The fourth-order valence-corrected chi connectivity index (χ4v) is 8.30. The molecule has 4 atom stereocenters. The molecule has 5 aromatic carbocycles. The van der Waals surface area contributed by atoms with E-state index in [1.54, 1.807) is 0 Å². The summed E-state index contributed by atoms with van der Waals surface area (Å²) in [7, 11) is 0. The Balaban J connectivity index is 1.24. The van der Waals surface area contributed by atoms with E-state index >= 15 is 0 Å². The summed E-state index contributed by atoms with van der Waals surface area (Å²) in [6.45, 7) is 0. The minimum absolute atomic E-state index is 0.157. The molecule has 226 valence electrons. The molecule has 1 aromatic heterocycles. The lowest BCUT2D eigenvalue weighted by molar-refractivity contribution is 0.542. The Morgan fingerprint density at radius 3 is 2.06 bits per heavy atom. The van der Waals surface area contributed by atoms with Crippen LogP contribution in [0.2, 0.25) is 0 Å². The van der Waals surface area contributed by atoms with Gasteiger partial charge in [-0.05, 0) is 71.3 Å². The molecule has 3 aliphatic rings. The maximum atomic E-state index is 9.78. The first-order valence-corrected chi connectivity index (χ1v) is 16.4. The number of allylic oxidation sites excluding steroid dienone is 4. The number of hydrogen-bond acceptors (Lipinski definition) is 3. The molecule has 1 fully saturated rings. The van der Waals surface area contributed by atoms with E-state index < -0.39 is 0 Å². The summed E-state index contributed by atoms with van der Waals surface area (Å²) in [4.78, 5) is 2.53. The Morgan fingerprint density at radius 1 is 0.542 bits per heavy atom. The van der Waals surface area contributed by atoms with Gasteiger partial charge >= 0.3 is 0 Å². The molecule has 2 heterocycles. The summed E-state index contributed by atoms with van der Waals surface area (Å²) >= 11 is 0. The molecule has 6 aromatic rings. The van der Waals surface area contributed by atoms with Crippen molar-refractivity contribution in [3.63, 3.8) is 0 Å². The second kappa shape index (κ2) is 11.2. The molecule has 0 radical (unpaired) electrons. The van der Waals surface area contributed by atoms with Crippen LogP contribution in [0.15, 0.2) is 158 Å². The minimum atomic E-state index is 0.157. The van der Waals surface area contributed by atoms with Crippen molar-refractivity contribution in [3.8, 4) is 29.0 Å². The van der Waals surface area contributed by atoms with Crippen LogP contribution in [-0.4, -0.2) is 16.7 Å². The molecule has 0 N–H and O–H groups in total. The van der Waals surface area contributed by atoms with Gasteiger partial charge in [0.1, 0.15) is 0 Å². The topological polar surface area (TPSA) is 55.8 Å². The molecular weight excluding hydrogens is 585 g/mol. The van der Waals surface area contributed by atoms with E-state index in [1.165, 1.54) is 16.7 Å². The van der Waals surface area contributed by atoms with E-state index in [0.29, 0.717) is 11.1 Å². The highest BCUT2D eigenvalue weighted by molar-refractivity contribution is 6.14. The predicted molar refractivity (Wildman–Crippen MR) is 195 cm³/mol. The standard InChI is InChI=1S/C44H30N4/c45-27-29-20-23-32(24-21-29)47-40-18-7-6-14-38(40)43-35(15-9-19-42(43)47)33-12-4-5-13-34(33)36-16-8-17-37-39-26-30(28-46)22-25-41(39)48(44(36)37)31-10-2-1-3-11-31/h1-26,38,40,42-43H. The number of rotatable bonds is 4. The summed E-state index contributed by atoms with van der Waals surface area (Å²) in [5.41, 5.74) is 10.7. The van der Waals surface area contributed by atoms with E-state index in [0.717, 1.165) is 38.7 Å². The molecule has 4 unspecified atom stereocenters. The minimum Gasteiger partial charge on any atom is -0.357 e. The van der Waals surface area contributed by atoms with Crippen molar-refractivity contribution in [2.75, 3.05) is 4.90 Å². The maximum Gasteiger partial charge on any atom is 0.0991 e. The Kier molecular flexibility index (Phi) is 6.49. The fourth-order valence-electron chi connectivity index (χ4n) is 8.30. The average Bonchev–Trinajstić information content (AvgIpc) is 3.68. The summed E-state index contributed by atoms with van der Waals surface area (Å²) in [6.07, 6.45) is 15.9. The Hall–Kier alpha value is -6.36. The van der Waals surface area contributed by atoms with Crippen LogP contribution >= 0.6 is 0 Å². The van der Waals surface area contributed by atoms with Crippen LogP contribution in [0.5, 0.6) is 0 Å². The fraction of sp³-hybridized carbons (Fsp3) is 0.0909. The molecule has 1 aliphatic heterocycles. The molecule has 4 nitrogen and oxygen atoms in total. The zero-order chi connectivity index (χ0) is 32.2. The van der Waals surface area contributed by atoms with E-state index in [4.69, 9.17) is 0 Å². The van der Waals surface area contributed by atoms with Crippen molar-refractivity contribution in [2.24, 2.45) is 11.8 Å². The molecule has 48 heavy (non-hydrogen) atoms. The van der Waals surface area contributed by atoms with Crippen LogP contribution in [0.4, 0.5) is 5.69 Å². The monoisotopic (exact) mass is 614 g/mol. The quantitative estimate of drug-likeness (QED) is 0.199. The number of benzene rings is 5. The third-order valence-corrected chi connectivity index (χ3v) is 10.3. The van der Waals surface area contributed by atoms with Crippen LogP contribution < -0.4 is 4.90 Å². The molecule has 0 amide bonds. The third-order valence-electron chi connectivity index (χ3n) is 10.3. The second-order valence-corrected chi connectivity index (χ2v) is 12.7. The summed E-state index contributed by atoms with van der Waals surface area (Å²) in [6, 6.07) is 44.9. The maximum absolute atomic E-state index is 9.78. The predicted octanol–water partition coefficient (Wildman–Crippen LogP) is 9.76. The lowest BCUT2D eigenvalue weighted by Crippen LogP contribution is -2.37. The van der Waals surface area contributed by atoms with Crippen LogP contribution in [0.1, 0.15) is 16.7 Å². The lowest BCUT2D eigenvalue weighted by Gasteiger charge is -2.33. The van der Waals surface area contributed by atoms with Gasteiger partial charge in [0.25, 0.3) is 0 Å². The molecule has 0 spiro atoms. The number of nitrogens with zero attached hydrogens (tertiary/aromatic N) is 4. The van der Waals surface area contributed by atoms with Gasteiger partial charge in [-0.25, -0.2) is 0 Å². The van der Waals surface area contributed by atoms with Gasteiger partial charge in [-0.3, -0.25) is 0 Å². The molecule has 9 rings (SSSR count). The second-order valence-electron chi connectivity index (χ2n) is 12.7. The Morgan fingerprint density at radius 2 is 1.25 bits per heavy atom. The summed E-state index contributed by atoms with van der Waals surface area (Å²) < 4.78 is 2.35. The largest absolute Gasteiger partial charge is 0.357 e. The number of para-hydroxylation sites is 2. The highest BCUT2D eigenvalue weighted by Gasteiger charge is 2.49. The van der Waals surface area contributed by atoms with Gasteiger partial charge in [0.2, 0.25) is 0 Å². The van der Waals surface area contributed by atoms with Crippen LogP contribution in [0, 0.1) is 34.5 Å². The van der Waals surface area contributed by atoms with Crippen molar-refractivity contribution >= 4 is 33.1 Å². The number of hydrogen-bond donors (Lipinski definition) is 0. The SMILES string of the molecule is N#Cc1ccc(N2C3C=CC=CC3C3C(c4ccccc4-c4cccc5c6cc(C#N)ccc6n(-c6ccccc6)c45)=CC=CC32)cc1. The summed E-state index contributed by atoms with van der Waals surface area (Å²) in [5.74, 6) is 0.520. The number of aromatic nitrogens is 1. The highest BCUT2D eigenvalue weighted by atomic mass is 15.2. The highest BCUT2D eigenvalue weighted by Crippen LogP contribution is 2.51. The van der Waals surface area contributed by atoms with Crippen molar-refractivity contribution in [1.29, 1.82) is 10.5 Å². The van der Waals surface area contributed by atoms with E-state index in [-0.39, 0.29) is 23.9 Å². The smallest absolute Gasteiger partial charge is 0.0991 e. The molecule has 2 aliphatic carbocycles. The van der Waals surface area contributed by atoms with Gasteiger partial charge in [0, 0.05) is 39.5 Å². The van der Waals surface area contributed by atoms with Gasteiger partial charge in [0.05, 0.1) is 46.4 Å². The van der Waals surface area contributed by atoms with Crippen LogP contribution in [-0.2, 0) is 0 Å². The Labute approximate surface area is 279 Å². The molecule has 0 saturated carbocycles. The van der Waals surface area contributed by atoms with Gasteiger partial charge in [0.15, 0.2) is 0 Å². The van der Waals surface area contributed by atoms with E-state index in [1.807, 2.05) is 30.3 Å². The van der Waals surface area contributed by atoms with Crippen molar-refractivity contribution in [3.05, 3.63) is 174 Å². The molecule has 0 bridgehead atoms. The lowest BCUT2D eigenvalue weighted by atomic mass is 9.74. The van der Waals surface area contributed by atoms with Gasteiger partial charge in [-0.1, -0.05) is 103 Å². The zero-order valence-electron chi connectivity index (χ0n) is 26.1.